The van der Waals surface area contributed by atoms with Crippen molar-refractivity contribution in [2.24, 2.45) is 5.92 Å². The zero-order valence-corrected chi connectivity index (χ0v) is 12.7. The summed E-state index contributed by atoms with van der Waals surface area (Å²) in [5, 5.41) is 18.8. The van der Waals surface area contributed by atoms with Crippen LogP contribution in [0.4, 0.5) is 0 Å². The topological polar surface area (TPSA) is 86.2 Å². The van der Waals surface area contributed by atoms with E-state index in [-0.39, 0.29) is 17.1 Å². The number of aromatic hydroxyl groups is 2. The van der Waals surface area contributed by atoms with Crippen LogP contribution in [0, 0.1) is 5.92 Å². The summed E-state index contributed by atoms with van der Waals surface area (Å²) in [6.45, 7) is 4.09. The Morgan fingerprint density at radius 2 is 2.00 bits per heavy atom. The fraction of sp³-hybridized carbons (Fsp3) is 0.286. The highest BCUT2D eigenvalue weighted by Gasteiger charge is 2.12. The molecule has 0 aliphatic heterocycles. The van der Waals surface area contributed by atoms with Crippen molar-refractivity contribution in [2.75, 3.05) is 0 Å². The second kappa shape index (κ2) is 5.66. The molecule has 2 aromatic rings. The van der Waals surface area contributed by atoms with Crippen molar-refractivity contribution < 1.29 is 10.2 Å². The van der Waals surface area contributed by atoms with Crippen LogP contribution >= 0.6 is 15.9 Å². The highest BCUT2D eigenvalue weighted by Crippen LogP contribution is 2.29. The number of H-pyrrole nitrogens is 1. The van der Waals surface area contributed by atoms with Crippen LogP contribution in [0.25, 0.3) is 11.4 Å². The Kier molecular flexibility index (Phi) is 4.13. The molecule has 0 atom stereocenters. The van der Waals surface area contributed by atoms with Crippen LogP contribution in [0.3, 0.4) is 0 Å². The lowest BCUT2D eigenvalue weighted by molar-refractivity contribution is 0.404. The van der Waals surface area contributed by atoms with E-state index < -0.39 is 0 Å². The van der Waals surface area contributed by atoms with Crippen LogP contribution < -0.4 is 5.56 Å². The maximum Gasteiger partial charge on any atom is 0.265 e. The van der Waals surface area contributed by atoms with Crippen molar-refractivity contribution in [3.63, 3.8) is 0 Å². The minimum absolute atomic E-state index is 0.212. The third-order valence-electron chi connectivity index (χ3n) is 2.78. The monoisotopic (exact) mass is 338 g/mol. The number of rotatable bonds is 3. The van der Waals surface area contributed by atoms with Crippen molar-refractivity contribution in [1.82, 2.24) is 9.97 Å². The van der Waals surface area contributed by atoms with Gasteiger partial charge in [0, 0.05) is 5.56 Å². The van der Waals surface area contributed by atoms with Gasteiger partial charge in [-0.2, -0.15) is 0 Å². The van der Waals surface area contributed by atoms with Gasteiger partial charge in [0.25, 0.3) is 5.56 Å². The first-order valence-electron chi connectivity index (χ1n) is 6.19. The molecule has 5 nitrogen and oxygen atoms in total. The summed E-state index contributed by atoms with van der Waals surface area (Å²) in [5.41, 5.74) is 0.944. The Morgan fingerprint density at radius 1 is 1.30 bits per heavy atom. The molecule has 6 heteroatoms. The third kappa shape index (κ3) is 3.01. The Bertz CT molecular complexity index is 695. The molecule has 3 N–H and O–H groups in total. The predicted molar refractivity (Wildman–Crippen MR) is 79.9 cm³/mol. The van der Waals surface area contributed by atoms with Crippen molar-refractivity contribution in [1.29, 1.82) is 0 Å². The molecule has 0 aliphatic rings. The molecule has 20 heavy (non-hydrogen) atoms. The summed E-state index contributed by atoms with van der Waals surface area (Å²) in [5.74, 6) is 0.264. The molecule has 2 rings (SSSR count). The molecule has 0 unspecified atom stereocenters. The Hall–Kier alpha value is -1.82. The van der Waals surface area contributed by atoms with E-state index in [1.165, 1.54) is 12.1 Å². The first-order chi connectivity index (χ1) is 9.38. The Morgan fingerprint density at radius 3 is 2.60 bits per heavy atom. The number of nitrogens with zero attached hydrogens (tertiary/aromatic N) is 1. The number of hydrogen-bond donors (Lipinski definition) is 3. The van der Waals surface area contributed by atoms with Crippen LogP contribution in [0.5, 0.6) is 11.5 Å². The zero-order chi connectivity index (χ0) is 14.9. The lowest BCUT2D eigenvalue weighted by atomic mass is 10.1. The van der Waals surface area contributed by atoms with Gasteiger partial charge in [0.1, 0.15) is 10.3 Å². The number of nitrogens with one attached hydrogen (secondary N) is 1. The van der Waals surface area contributed by atoms with E-state index in [9.17, 15) is 15.0 Å². The number of phenolic OH excluding ortho intramolecular Hbond substituents is 2. The largest absolute Gasteiger partial charge is 0.504 e. The lowest BCUT2D eigenvalue weighted by Crippen LogP contribution is -2.14. The molecule has 0 spiro atoms. The second-order valence-corrected chi connectivity index (χ2v) is 5.77. The smallest absolute Gasteiger partial charge is 0.265 e. The van der Waals surface area contributed by atoms with E-state index in [1.54, 1.807) is 6.07 Å². The summed E-state index contributed by atoms with van der Waals surface area (Å²) < 4.78 is 0.429. The minimum Gasteiger partial charge on any atom is -0.504 e. The molecule has 0 saturated carbocycles. The SMILES string of the molecule is CC(C)Cc1nc(-c2ccc(O)c(O)c2)[nH]c(=O)c1Br. The molecule has 0 radical (unpaired) electrons. The van der Waals surface area contributed by atoms with Gasteiger partial charge in [-0.3, -0.25) is 4.79 Å². The van der Waals surface area contributed by atoms with Crippen molar-refractivity contribution in [3.05, 3.63) is 38.7 Å². The molecule has 1 aromatic carbocycles. The first kappa shape index (κ1) is 14.6. The molecule has 0 fully saturated rings. The molecule has 106 valence electrons. The number of phenols is 2. The maximum atomic E-state index is 11.9. The van der Waals surface area contributed by atoms with Crippen LogP contribution in [0.2, 0.25) is 0 Å². The molecular weight excluding hydrogens is 324 g/mol. The summed E-state index contributed by atoms with van der Waals surface area (Å²) in [7, 11) is 0. The number of halogens is 1. The van der Waals surface area contributed by atoms with E-state index in [1.807, 2.05) is 13.8 Å². The highest BCUT2D eigenvalue weighted by atomic mass is 79.9. The lowest BCUT2D eigenvalue weighted by Gasteiger charge is -2.09. The van der Waals surface area contributed by atoms with Crippen LogP contribution in [0.1, 0.15) is 19.5 Å². The number of aromatic nitrogens is 2. The van der Waals surface area contributed by atoms with Crippen molar-refractivity contribution >= 4 is 15.9 Å². The van der Waals surface area contributed by atoms with Crippen molar-refractivity contribution in [2.45, 2.75) is 20.3 Å². The summed E-state index contributed by atoms with van der Waals surface area (Å²) in [6.07, 6.45) is 0.668. The standard InChI is InChI=1S/C14H15BrN2O3/c1-7(2)5-9-12(15)14(20)17-13(16-9)8-3-4-10(18)11(19)6-8/h3-4,6-7,18-19H,5H2,1-2H3,(H,16,17,20). The maximum absolute atomic E-state index is 11.9. The first-order valence-corrected chi connectivity index (χ1v) is 6.99. The molecule has 0 bridgehead atoms. The van der Waals surface area contributed by atoms with E-state index in [2.05, 4.69) is 25.9 Å². The quantitative estimate of drug-likeness (QED) is 0.751. The minimum atomic E-state index is -0.266. The van der Waals surface area contributed by atoms with Gasteiger partial charge in [-0.25, -0.2) is 4.98 Å². The van der Waals surface area contributed by atoms with Gasteiger partial charge >= 0.3 is 0 Å². The van der Waals surface area contributed by atoms with Crippen LogP contribution in [0.15, 0.2) is 27.5 Å². The number of hydrogen-bond acceptors (Lipinski definition) is 4. The average Bonchev–Trinajstić information content (AvgIpc) is 2.37. The predicted octanol–water partition coefficient (Wildman–Crippen LogP) is 2.81. The Balaban J connectivity index is 2.54. The number of aromatic amines is 1. The average molecular weight is 339 g/mol. The van der Waals surface area contributed by atoms with Gasteiger partial charge in [-0.05, 0) is 46.5 Å². The molecule has 0 aliphatic carbocycles. The molecule has 1 heterocycles. The van der Waals surface area contributed by atoms with Crippen LogP contribution in [-0.2, 0) is 6.42 Å². The number of benzene rings is 1. The van der Waals surface area contributed by atoms with Gasteiger partial charge in [0.05, 0.1) is 5.69 Å². The fourth-order valence-corrected chi connectivity index (χ4v) is 2.18. The molecule has 1 aromatic heterocycles. The highest BCUT2D eigenvalue weighted by molar-refractivity contribution is 9.10. The van der Waals surface area contributed by atoms with Gasteiger partial charge in [-0.15, -0.1) is 0 Å². The Labute approximate surface area is 124 Å². The van der Waals surface area contributed by atoms with Gasteiger partial charge in [-0.1, -0.05) is 13.8 Å². The van der Waals surface area contributed by atoms with E-state index in [0.717, 1.165) is 0 Å². The summed E-state index contributed by atoms with van der Waals surface area (Å²) in [6, 6.07) is 4.30. The van der Waals surface area contributed by atoms with Crippen molar-refractivity contribution in [3.8, 4) is 22.9 Å². The second-order valence-electron chi connectivity index (χ2n) is 4.98. The zero-order valence-electron chi connectivity index (χ0n) is 11.1. The van der Waals surface area contributed by atoms with Crippen LogP contribution in [-0.4, -0.2) is 20.2 Å². The van der Waals surface area contributed by atoms with E-state index >= 15 is 0 Å². The van der Waals surface area contributed by atoms with E-state index in [0.29, 0.717) is 33.9 Å². The van der Waals surface area contributed by atoms with E-state index in [4.69, 9.17) is 0 Å². The van der Waals surface area contributed by atoms with Gasteiger partial charge in [0.15, 0.2) is 11.5 Å². The normalized spacial score (nSPS) is 11.0. The summed E-state index contributed by atoms with van der Waals surface area (Å²) in [4.78, 5) is 19.0. The van der Waals surface area contributed by atoms with Gasteiger partial charge < -0.3 is 15.2 Å². The third-order valence-corrected chi connectivity index (χ3v) is 3.60. The summed E-state index contributed by atoms with van der Waals surface area (Å²) >= 11 is 3.25. The fourth-order valence-electron chi connectivity index (χ4n) is 1.83. The van der Waals surface area contributed by atoms with Gasteiger partial charge in [0.2, 0.25) is 0 Å². The molecule has 0 amide bonds. The molecule has 0 saturated heterocycles. The molecular formula is C14H15BrN2O3.